The lowest BCUT2D eigenvalue weighted by atomic mass is 10.2. The number of sulfonamides is 1. The molecule has 3 rings (SSSR count). The summed E-state index contributed by atoms with van der Waals surface area (Å²) in [6, 6.07) is 13.5. The third kappa shape index (κ3) is 3.83. The number of carbonyl (C=O) groups is 1. The van der Waals surface area contributed by atoms with E-state index in [1.54, 1.807) is 29.2 Å². The van der Waals surface area contributed by atoms with Crippen LogP contribution in [0.1, 0.15) is 18.9 Å². The van der Waals surface area contributed by atoms with Crippen LogP contribution in [0.3, 0.4) is 0 Å². The van der Waals surface area contributed by atoms with Gasteiger partial charge in [0.05, 0.1) is 4.90 Å². The Morgan fingerprint density at radius 3 is 2.27 bits per heavy atom. The zero-order valence-corrected chi connectivity index (χ0v) is 15.8. The Hall–Kier alpha value is -2.54. The third-order valence-electron chi connectivity index (χ3n) is 4.35. The van der Waals surface area contributed by atoms with Gasteiger partial charge < -0.3 is 4.90 Å². The molecule has 26 heavy (non-hydrogen) atoms. The topological polar surface area (TPSA) is 69.7 Å². The molecule has 6 nitrogen and oxygen atoms in total. The third-order valence-corrected chi connectivity index (χ3v) is 5.75. The summed E-state index contributed by atoms with van der Waals surface area (Å²) in [5, 5.41) is 0. The van der Waals surface area contributed by atoms with Gasteiger partial charge in [0, 0.05) is 31.0 Å². The monoisotopic (exact) mass is 373 g/mol. The number of hydrogen-bond acceptors (Lipinski definition) is 3. The molecule has 2 amide bonds. The van der Waals surface area contributed by atoms with Gasteiger partial charge in [0.25, 0.3) is 10.0 Å². The minimum Gasteiger partial charge on any atom is -0.323 e. The van der Waals surface area contributed by atoms with E-state index in [0.29, 0.717) is 24.5 Å². The van der Waals surface area contributed by atoms with E-state index in [9.17, 15) is 13.2 Å². The van der Waals surface area contributed by atoms with Crippen LogP contribution < -0.4 is 9.62 Å². The molecule has 0 aromatic heterocycles. The van der Waals surface area contributed by atoms with Crippen LogP contribution in [-0.4, -0.2) is 39.0 Å². The molecule has 2 aromatic carbocycles. The smallest absolute Gasteiger partial charge is 0.323 e. The predicted octanol–water partition coefficient (Wildman–Crippen LogP) is 3.45. The van der Waals surface area contributed by atoms with E-state index in [1.165, 1.54) is 12.1 Å². The average Bonchev–Trinajstić information content (AvgIpc) is 2.98. The number of nitrogens with one attached hydrogen (secondary N) is 1. The number of aryl methyl sites for hydroxylation is 1. The summed E-state index contributed by atoms with van der Waals surface area (Å²) >= 11 is 0. The van der Waals surface area contributed by atoms with Crippen molar-refractivity contribution in [3.8, 4) is 0 Å². The van der Waals surface area contributed by atoms with E-state index >= 15 is 0 Å². The van der Waals surface area contributed by atoms with E-state index in [1.807, 2.05) is 30.9 Å². The Morgan fingerprint density at radius 1 is 1.00 bits per heavy atom. The molecule has 0 radical (unpaired) electrons. The van der Waals surface area contributed by atoms with Crippen LogP contribution in [0.5, 0.6) is 0 Å². The Labute approximate surface area is 154 Å². The highest BCUT2D eigenvalue weighted by Crippen LogP contribution is 2.23. The number of benzene rings is 2. The van der Waals surface area contributed by atoms with E-state index in [-0.39, 0.29) is 10.9 Å². The van der Waals surface area contributed by atoms with Crippen LogP contribution >= 0.6 is 0 Å². The number of hydrogen-bond donors (Lipinski definition) is 1. The first-order chi connectivity index (χ1) is 12.4. The fourth-order valence-corrected chi connectivity index (χ4v) is 4.00. The average molecular weight is 373 g/mol. The molecule has 1 fully saturated rings. The highest BCUT2D eigenvalue weighted by molar-refractivity contribution is 7.92. The summed E-state index contributed by atoms with van der Waals surface area (Å²) < 4.78 is 27.6. The van der Waals surface area contributed by atoms with Gasteiger partial charge in [-0.1, -0.05) is 24.6 Å². The Kier molecular flexibility index (Phi) is 5.18. The molecule has 2 aromatic rings. The molecule has 1 aliphatic rings. The number of anilines is 2. The van der Waals surface area contributed by atoms with Crippen LogP contribution in [0.15, 0.2) is 53.4 Å². The zero-order chi connectivity index (χ0) is 18.7. The number of amides is 2. The SMILES string of the molecule is CCCN1CCN(c2ccc(S(=O)(=O)Nc3ccc(C)cc3)cc2)C1=O. The highest BCUT2D eigenvalue weighted by Gasteiger charge is 2.29. The van der Waals surface area contributed by atoms with Crippen molar-refractivity contribution < 1.29 is 13.2 Å². The Balaban J connectivity index is 1.74. The molecule has 1 aliphatic heterocycles. The molecule has 7 heteroatoms. The lowest BCUT2D eigenvalue weighted by Gasteiger charge is -2.18. The largest absolute Gasteiger partial charge is 0.324 e. The van der Waals surface area contributed by atoms with Crippen LogP contribution in [0, 0.1) is 6.92 Å². The summed E-state index contributed by atoms with van der Waals surface area (Å²) in [7, 11) is -3.66. The molecule has 0 atom stereocenters. The van der Waals surface area contributed by atoms with Crippen molar-refractivity contribution in [3.63, 3.8) is 0 Å². The molecular weight excluding hydrogens is 350 g/mol. The van der Waals surface area contributed by atoms with Gasteiger partial charge in [0.1, 0.15) is 0 Å². The van der Waals surface area contributed by atoms with E-state index in [2.05, 4.69) is 4.72 Å². The molecule has 1 N–H and O–H groups in total. The number of urea groups is 1. The normalized spacial score (nSPS) is 14.8. The first kappa shape index (κ1) is 18.3. The summed E-state index contributed by atoms with van der Waals surface area (Å²) in [4.78, 5) is 16.0. The maximum atomic E-state index is 12.5. The van der Waals surface area contributed by atoms with Gasteiger partial charge in [-0.15, -0.1) is 0 Å². The summed E-state index contributed by atoms with van der Waals surface area (Å²) in [5.41, 5.74) is 2.29. The number of carbonyl (C=O) groups excluding carboxylic acids is 1. The minimum absolute atomic E-state index is 0.0276. The van der Waals surface area contributed by atoms with Crippen molar-refractivity contribution in [1.82, 2.24) is 4.90 Å². The van der Waals surface area contributed by atoms with E-state index < -0.39 is 10.0 Å². The van der Waals surface area contributed by atoms with Crippen molar-refractivity contribution in [2.45, 2.75) is 25.2 Å². The van der Waals surface area contributed by atoms with Gasteiger partial charge in [0.2, 0.25) is 0 Å². The molecule has 1 heterocycles. The van der Waals surface area contributed by atoms with E-state index in [4.69, 9.17) is 0 Å². The molecule has 138 valence electrons. The first-order valence-corrected chi connectivity index (χ1v) is 10.1. The van der Waals surface area contributed by atoms with Crippen LogP contribution in [-0.2, 0) is 10.0 Å². The van der Waals surface area contributed by atoms with Crippen LogP contribution in [0.2, 0.25) is 0 Å². The molecule has 0 bridgehead atoms. The molecule has 0 unspecified atom stereocenters. The number of nitrogens with zero attached hydrogens (tertiary/aromatic N) is 2. The van der Waals surface area contributed by atoms with Gasteiger partial charge in [-0.05, 0) is 49.7 Å². The van der Waals surface area contributed by atoms with Crippen LogP contribution in [0.4, 0.5) is 16.2 Å². The molecule has 1 saturated heterocycles. The second-order valence-electron chi connectivity index (χ2n) is 6.39. The van der Waals surface area contributed by atoms with Crippen molar-refractivity contribution in [2.24, 2.45) is 0 Å². The van der Waals surface area contributed by atoms with Gasteiger partial charge in [-0.3, -0.25) is 9.62 Å². The summed E-state index contributed by atoms with van der Waals surface area (Å²) in [6.45, 7) is 6.03. The Bertz CT molecular complexity index is 877. The number of rotatable bonds is 6. The fourth-order valence-electron chi connectivity index (χ4n) is 2.94. The molecule has 0 saturated carbocycles. The fraction of sp³-hybridized carbons (Fsp3) is 0.316. The lowest BCUT2D eigenvalue weighted by molar-refractivity contribution is 0.220. The Morgan fingerprint density at radius 2 is 1.65 bits per heavy atom. The molecule has 0 spiro atoms. The lowest BCUT2D eigenvalue weighted by Crippen LogP contribution is -2.32. The van der Waals surface area contributed by atoms with Crippen molar-refractivity contribution in [3.05, 3.63) is 54.1 Å². The maximum Gasteiger partial charge on any atom is 0.324 e. The highest BCUT2D eigenvalue weighted by atomic mass is 32.2. The second-order valence-corrected chi connectivity index (χ2v) is 8.07. The molecule has 0 aliphatic carbocycles. The van der Waals surface area contributed by atoms with Crippen molar-refractivity contribution >= 4 is 27.4 Å². The van der Waals surface area contributed by atoms with Crippen molar-refractivity contribution in [1.29, 1.82) is 0 Å². The predicted molar refractivity (Wildman–Crippen MR) is 103 cm³/mol. The molecular formula is C19H23N3O3S. The minimum atomic E-state index is -3.66. The van der Waals surface area contributed by atoms with Crippen LogP contribution in [0.25, 0.3) is 0 Å². The quantitative estimate of drug-likeness (QED) is 0.843. The summed E-state index contributed by atoms with van der Waals surface area (Å²) in [6.07, 6.45) is 0.918. The van der Waals surface area contributed by atoms with Gasteiger partial charge in [-0.25, -0.2) is 13.2 Å². The zero-order valence-electron chi connectivity index (χ0n) is 15.0. The summed E-state index contributed by atoms with van der Waals surface area (Å²) in [5.74, 6) is 0. The maximum absolute atomic E-state index is 12.5. The van der Waals surface area contributed by atoms with Gasteiger partial charge in [0.15, 0.2) is 0 Å². The standard InChI is InChI=1S/C19H23N3O3S/c1-3-12-21-13-14-22(19(21)23)17-8-10-18(11-9-17)26(24,25)20-16-6-4-15(2)5-7-16/h4-11,20H,3,12-14H2,1-2H3. The van der Waals surface area contributed by atoms with Gasteiger partial charge in [-0.2, -0.15) is 0 Å². The van der Waals surface area contributed by atoms with E-state index in [0.717, 1.165) is 18.5 Å². The first-order valence-electron chi connectivity index (χ1n) is 8.67. The second kappa shape index (κ2) is 7.37. The van der Waals surface area contributed by atoms with Gasteiger partial charge >= 0.3 is 6.03 Å². The van der Waals surface area contributed by atoms with Crippen molar-refractivity contribution in [2.75, 3.05) is 29.3 Å².